The number of nitrogens with zero attached hydrogens (tertiary/aromatic N) is 1. The number of rotatable bonds is 3. The number of halogens is 4. The molecule has 1 unspecified atom stereocenters. The number of allylic oxidation sites excluding steroid dienone is 1. The summed E-state index contributed by atoms with van der Waals surface area (Å²) in [4.78, 5) is 13.2. The zero-order valence-corrected chi connectivity index (χ0v) is 20.7. The highest BCUT2D eigenvalue weighted by molar-refractivity contribution is 6.31. The van der Waals surface area contributed by atoms with E-state index in [0.717, 1.165) is 17.7 Å². The van der Waals surface area contributed by atoms with Crippen LogP contribution in [0.25, 0.3) is 22.1 Å². The zero-order valence-electron chi connectivity index (χ0n) is 19.9. The van der Waals surface area contributed by atoms with Gasteiger partial charge in [0, 0.05) is 5.56 Å². The third-order valence-corrected chi connectivity index (χ3v) is 6.69. The monoisotopic (exact) mass is 554 g/mol. The van der Waals surface area contributed by atoms with E-state index >= 15 is 0 Å². The smallest absolute Gasteiger partial charge is 0.417 e. The second-order valence-corrected chi connectivity index (χ2v) is 9.12. The number of alkyl halides is 3. The first-order chi connectivity index (χ1) is 18.0. The number of ether oxygens (including phenoxy) is 2. The molecule has 2 heterocycles. The second kappa shape index (κ2) is 10.0. The van der Waals surface area contributed by atoms with E-state index in [4.69, 9.17) is 31.2 Å². The molecule has 0 amide bonds. The van der Waals surface area contributed by atoms with E-state index in [2.05, 4.69) is 0 Å². The molecule has 6 nitrogen and oxygen atoms in total. The molecule has 5 rings (SSSR count). The Hall–Kier alpha value is -4.42. The van der Waals surface area contributed by atoms with Crippen LogP contribution in [0.1, 0.15) is 35.6 Å². The lowest BCUT2D eigenvalue weighted by Gasteiger charge is -2.26. The van der Waals surface area contributed by atoms with E-state index in [0.29, 0.717) is 10.9 Å². The number of aryl methyl sites for hydroxylation is 1. The maximum Gasteiger partial charge on any atom is 0.417 e. The minimum atomic E-state index is -4.68. The Kier molecular flexibility index (Phi) is 7.11. The van der Waals surface area contributed by atoms with Gasteiger partial charge in [0.15, 0.2) is 5.75 Å². The summed E-state index contributed by atoms with van der Waals surface area (Å²) in [5, 5.41) is 9.99. The zero-order chi connectivity index (χ0) is 27.4. The minimum Gasteiger partial charge on any atom is -0.496 e. The minimum absolute atomic E-state index is 0. The number of fused-ring (bicyclic) bond motifs is 3. The van der Waals surface area contributed by atoms with Gasteiger partial charge in [-0.2, -0.15) is 18.4 Å². The Morgan fingerprint density at radius 3 is 2.51 bits per heavy atom. The van der Waals surface area contributed by atoms with Gasteiger partial charge in [-0.25, -0.2) is 4.79 Å². The Bertz CT molecular complexity index is 1750. The molecule has 0 bridgehead atoms. The molecular weight excluding hydrogens is 533 g/mol. The highest BCUT2D eigenvalue weighted by Gasteiger charge is 2.37. The standard InChI is InChI=1S/C28H18ClF3N2O4.CH4/c1-13-3-7-22-17(9-13)25-24(27(35)37-22)23(18(12-33)26(34)38-25)15-5-8-21(36-2)16(10-15)14-4-6-20(29)19(11-14)28(30,31)32;/h3-11,23H,34H2,1-2H3;1H4. The van der Waals surface area contributed by atoms with Crippen LogP contribution in [0, 0.1) is 18.3 Å². The largest absolute Gasteiger partial charge is 0.496 e. The van der Waals surface area contributed by atoms with Crippen molar-refractivity contribution in [2.75, 3.05) is 7.11 Å². The van der Waals surface area contributed by atoms with Gasteiger partial charge in [0.05, 0.1) is 34.6 Å². The summed E-state index contributed by atoms with van der Waals surface area (Å²) in [6.07, 6.45) is -4.68. The van der Waals surface area contributed by atoms with Gasteiger partial charge in [-0.05, 0) is 54.4 Å². The van der Waals surface area contributed by atoms with Gasteiger partial charge in [0.25, 0.3) is 0 Å². The summed E-state index contributed by atoms with van der Waals surface area (Å²) in [5.41, 5.74) is 6.42. The molecule has 3 aromatic carbocycles. The van der Waals surface area contributed by atoms with E-state index in [9.17, 15) is 23.2 Å². The topological polar surface area (TPSA) is 98.5 Å². The molecule has 0 aliphatic carbocycles. The molecule has 1 aliphatic heterocycles. The summed E-state index contributed by atoms with van der Waals surface area (Å²) >= 11 is 5.82. The molecule has 200 valence electrons. The predicted octanol–water partition coefficient (Wildman–Crippen LogP) is 7.30. The van der Waals surface area contributed by atoms with Crippen molar-refractivity contribution in [3.8, 4) is 28.7 Å². The molecule has 0 spiro atoms. The van der Waals surface area contributed by atoms with Gasteiger partial charge in [0.1, 0.15) is 23.0 Å². The SMILES string of the molecule is C.COc1ccc(C2C(C#N)=C(N)Oc3c2c(=O)oc2ccc(C)cc32)cc1-c1ccc(Cl)c(C(F)(F)F)c1. The number of benzene rings is 3. The third kappa shape index (κ3) is 4.68. The lowest BCUT2D eigenvalue weighted by atomic mass is 9.82. The van der Waals surface area contributed by atoms with Crippen LogP contribution in [0.15, 0.2) is 75.3 Å². The second-order valence-electron chi connectivity index (χ2n) is 8.71. The normalized spacial score (nSPS) is 14.7. The van der Waals surface area contributed by atoms with Crippen LogP contribution in [0.4, 0.5) is 13.2 Å². The molecule has 2 N–H and O–H groups in total. The van der Waals surface area contributed by atoms with E-state index in [1.807, 2.05) is 13.0 Å². The van der Waals surface area contributed by atoms with Crippen LogP contribution in [0.5, 0.6) is 11.5 Å². The predicted molar refractivity (Wildman–Crippen MR) is 142 cm³/mol. The molecule has 1 atom stereocenters. The van der Waals surface area contributed by atoms with Gasteiger partial charge in [-0.1, -0.05) is 42.8 Å². The van der Waals surface area contributed by atoms with Crippen molar-refractivity contribution in [3.63, 3.8) is 0 Å². The summed E-state index contributed by atoms with van der Waals surface area (Å²) in [7, 11) is 1.38. The van der Waals surface area contributed by atoms with Gasteiger partial charge in [0.2, 0.25) is 5.88 Å². The van der Waals surface area contributed by atoms with Crippen molar-refractivity contribution in [1.29, 1.82) is 5.26 Å². The van der Waals surface area contributed by atoms with Crippen molar-refractivity contribution in [2.24, 2.45) is 5.73 Å². The molecule has 0 fully saturated rings. The highest BCUT2D eigenvalue weighted by atomic mass is 35.5. The molecular formula is C29H22ClF3N2O4. The third-order valence-electron chi connectivity index (χ3n) is 6.36. The molecule has 10 heteroatoms. The number of nitriles is 1. The first-order valence-electron chi connectivity index (χ1n) is 11.2. The van der Waals surface area contributed by atoms with Crippen LogP contribution in [0.3, 0.4) is 0 Å². The van der Waals surface area contributed by atoms with E-state index in [-0.39, 0.29) is 52.7 Å². The first kappa shape index (κ1) is 27.6. The molecule has 0 radical (unpaired) electrons. The maximum atomic E-state index is 13.6. The Morgan fingerprint density at radius 1 is 1.10 bits per heavy atom. The maximum absolute atomic E-state index is 13.6. The van der Waals surface area contributed by atoms with Crippen molar-refractivity contribution >= 4 is 22.6 Å². The number of methoxy groups -OCH3 is 1. The Balaban J connectivity index is 0.00000353. The van der Waals surface area contributed by atoms with Crippen molar-refractivity contribution in [3.05, 3.63) is 104 Å². The lowest BCUT2D eigenvalue weighted by molar-refractivity contribution is -0.137. The first-order valence-corrected chi connectivity index (χ1v) is 11.6. The molecule has 1 aromatic heterocycles. The van der Waals surface area contributed by atoms with Crippen LogP contribution in [-0.4, -0.2) is 7.11 Å². The number of nitrogens with two attached hydrogens (primary N) is 1. The Labute approximate surface area is 226 Å². The van der Waals surface area contributed by atoms with Gasteiger partial charge < -0.3 is 19.6 Å². The Morgan fingerprint density at radius 2 is 1.85 bits per heavy atom. The fourth-order valence-corrected chi connectivity index (χ4v) is 4.83. The molecule has 1 aliphatic rings. The van der Waals surface area contributed by atoms with Crippen molar-refractivity contribution < 1.29 is 27.1 Å². The molecule has 0 saturated carbocycles. The van der Waals surface area contributed by atoms with Gasteiger partial charge in [-0.15, -0.1) is 0 Å². The number of hydrogen-bond acceptors (Lipinski definition) is 6. The average molecular weight is 555 g/mol. The van der Waals surface area contributed by atoms with Crippen molar-refractivity contribution in [2.45, 2.75) is 26.4 Å². The summed E-state index contributed by atoms with van der Waals surface area (Å²) in [5.74, 6) is -0.775. The molecule has 4 aromatic rings. The van der Waals surface area contributed by atoms with E-state index in [1.165, 1.54) is 13.2 Å². The van der Waals surface area contributed by atoms with E-state index in [1.54, 1.807) is 36.4 Å². The lowest BCUT2D eigenvalue weighted by Crippen LogP contribution is -2.26. The fourth-order valence-electron chi connectivity index (χ4n) is 4.61. The van der Waals surface area contributed by atoms with Gasteiger partial charge in [-0.3, -0.25) is 0 Å². The quantitative estimate of drug-likeness (QED) is 0.267. The van der Waals surface area contributed by atoms with Crippen LogP contribution in [0.2, 0.25) is 5.02 Å². The van der Waals surface area contributed by atoms with Gasteiger partial charge >= 0.3 is 11.8 Å². The average Bonchev–Trinajstić information content (AvgIpc) is 2.87. The summed E-state index contributed by atoms with van der Waals surface area (Å²) in [6, 6.07) is 15.4. The number of hydrogen-bond donors (Lipinski definition) is 1. The summed E-state index contributed by atoms with van der Waals surface area (Å²) in [6.45, 7) is 1.86. The highest BCUT2D eigenvalue weighted by Crippen LogP contribution is 2.46. The summed E-state index contributed by atoms with van der Waals surface area (Å²) < 4.78 is 57.5. The van der Waals surface area contributed by atoms with Crippen LogP contribution < -0.4 is 20.8 Å². The molecule has 39 heavy (non-hydrogen) atoms. The van der Waals surface area contributed by atoms with Crippen LogP contribution >= 0.6 is 11.6 Å². The van der Waals surface area contributed by atoms with Crippen molar-refractivity contribution in [1.82, 2.24) is 0 Å². The fraction of sp³-hybridized carbons (Fsp3) is 0.172. The van der Waals surface area contributed by atoms with E-state index < -0.39 is 28.3 Å². The molecule has 0 saturated heterocycles. The van der Waals surface area contributed by atoms with Crippen LogP contribution in [-0.2, 0) is 6.18 Å².